The Morgan fingerprint density at radius 3 is 2.84 bits per heavy atom. The third-order valence-electron chi connectivity index (χ3n) is 4.26. The van der Waals surface area contributed by atoms with Gasteiger partial charge < -0.3 is 15.2 Å². The molecule has 0 spiro atoms. The van der Waals surface area contributed by atoms with Crippen LogP contribution < -0.4 is 10.6 Å². The molecule has 1 fully saturated rings. The van der Waals surface area contributed by atoms with Crippen LogP contribution in [0.3, 0.4) is 0 Å². The van der Waals surface area contributed by atoms with Gasteiger partial charge in [0.15, 0.2) is 0 Å². The van der Waals surface area contributed by atoms with Gasteiger partial charge in [-0.15, -0.1) is 12.4 Å². The first kappa shape index (κ1) is 19.7. The number of piperazine rings is 1. The van der Waals surface area contributed by atoms with E-state index in [0.717, 1.165) is 31.0 Å². The molecule has 2 heterocycles. The molecule has 1 unspecified atom stereocenters. The van der Waals surface area contributed by atoms with Crippen LogP contribution >= 0.6 is 24.0 Å². The van der Waals surface area contributed by atoms with Gasteiger partial charge in [-0.1, -0.05) is 23.7 Å². The van der Waals surface area contributed by atoms with Crippen LogP contribution in [-0.2, 0) is 18.4 Å². The molecule has 1 saturated heterocycles. The maximum atomic E-state index is 12.3. The van der Waals surface area contributed by atoms with Crippen LogP contribution in [0.2, 0.25) is 5.02 Å². The Bertz CT molecular complexity index is 689. The lowest BCUT2D eigenvalue weighted by molar-refractivity contribution is -0.123. The number of hydrogen-bond donors (Lipinski definition) is 2. The Balaban J connectivity index is 0.00000225. The number of hydrogen-bond acceptors (Lipinski definition) is 4. The summed E-state index contributed by atoms with van der Waals surface area (Å²) in [5.41, 5.74) is 1.04. The second kappa shape index (κ2) is 9.20. The molecule has 1 amide bonds. The van der Waals surface area contributed by atoms with Gasteiger partial charge in [0.1, 0.15) is 5.82 Å². The molecule has 0 bridgehead atoms. The second-order valence-corrected chi connectivity index (χ2v) is 6.43. The summed E-state index contributed by atoms with van der Waals surface area (Å²) in [4.78, 5) is 18.9. The summed E-state index contributed by atoms with van der Waals surface area (Å²) in [6.07, 6.45) is 3.73. The highest BCUT2D eigenvalue weighted by Crippen LogP contribution is 2.19. The number of carbonyl (C=O) groups is 1. The third-order valence-corrected chi connectivity index (χ3v) is 4.51. The SMILES string of the molecule is Cl.Cn1ccnc1C1CNCCN1CC(=O)NCc1ccc(Cl)cc1. The molecule has 2 aromatic rings. The van der Waals surface area contributed by atoms with Gasteiger partial charge in [0.2, 0.25) is 5.91 Å². The lowest BCUT2D eigenvalue weighted by atomic mass is 10.1. The number of rotatable bonds is 5. The van der Waals surface area contributed by atoms with Crippen LogP contribution in [0.25, 0.3) is 0 Å². The molecule has 0 aliphatic carbocycles. The smallest absolute Gasteiger partial charge is 0.234 e. The molecule has 3 rings (SSSR count). The van der Waals surface area contributed by atoms with Crippen molar-refractivity contribution in [1.82, 2.24) is 25.1 Å². The van der Waals surface area contributed by atoms with Gasteiger partial charge >= 0.3 is 0 Å². The molecular weight excluding hydrogens is 361 g/mol. The fourth-order valence-corrected chi connectivity index (χ4v) is 3.06. The summed E-state index contributed by atoms with van der Waals surface area (Å²) < 4.78 is 2.01. The average molecular weight is 384 g/mol. The van der Waals surface area contributed by atoms with E-state index >= 15 is 0 Å². The van der Waals surface area contributed by atoms with E-state index < -0.39 is 0 Å². The van der Waals surface area contributed by atoms with Crippen molar-refractivity contribution < 1.29 is 4.79 Å². The molecule has 0 saturated carbocycles. The Morgan fingerprint density at radius 2 is 2.16 bits per heavy atom. The van der Waals surface area contributed by atoms with Gasteiger partial charge in [-0.25, -0.2) is 4.98 Å². The largest absolute Gasteiger partial charge is 0.351 e. The topological polar surface area (TPSA) is 62.2 Å². The molecule has 1 aromatic carbocycles. The number of nitrogens with one attached hydrogen (secondary N) is 2. The van der Waals surface area contributed by atoms with Crippen molar-refractivity contribution in [3.63, 3.8) is 0 Å². The summed E-state index contributed by atoms with van der Waals surface area (Å²) >= 11 is 5.87. The van der Waals surface area contributed by atoms with Gasteiger partial charge in [-0.2, -0.15) is 0 Å². The number of carbonyl (C=O) groups excluding carboxylic acids is 1. The molecule has 1 aromatic heterocycles. The highest BCUT2D eigenvalue weighted by Gasteiger charge is 2.28. The van der Waals surface area contributed by atoms with Gasteiger partial charge in [0, 0.05) is 50.6 Å². The lowest BCUT2D eigenvalue weighted by Gasteiger charge is -2.35. The fraction of sp³-hybridized carbons (Fsp3) is 0.412. The van der Waals surface area contributed by atoms with Gasteiger partial charge in [0.25, 0.3) is 0 Å². The molecule has 6 nitrogen and oxygen atoms in total. The molecule has 25 heavy (non-hydrogen) atoms. The molecule has 2 N–H and O–H groups in total. The minimum atomic E-state index is 0. The van der Waals surface area contributed by atoms with Crippen LogP contribution in [-0.4, -0.2) is 46.5 Å². The summed E-state index contributed by atoms with van der Waals surface area (Å²) in [5.74, 6) is 0.999. The molecule has 8 heteroatoms. The van der Waals surface area contributed by atoms with Crippen molar-refractivity contribution in [2.24, 2.45) is 7.05 Å². The molecule has 0 radical (unpaired) electrons. The molecule has 136 valence electrons. The van der Waals surface area contributed by atoms with Crippen molar-refractivity contribution in [3.8, 4) is 0 Å². The number of benzene rings is 1. The first-order chi connectivity index (χ1) is 11.6. The summed E-state index contributed by atoms with van der Waals surface area (Å²) in [6, 6.07) is 7.61. The molecular formula is C17H23Cl2N5O. The summed E-state index contributed by atoms with van der Waals surface area (Å²) in [5, 5.41) is 7.05. The van der Waals surface area contributed by atoms with Gasteiger partial charge in [0.05, 0.1) is 12.6 Å². The van der Waals surface area contributed by atoms with E-state index in [9.17, 15) is 4.79 Å². The zero-order chi connectivity index (χ0) is 16.9. The van der Waals surface area contributed by atoms with Gasteiger partial charge in [-0.3, -0.25) is 9.69 Å². The standard InChI is InChI=1S/C17H22ClN5O.ClH/c1-22-8-7-20-17(22)15-11-19-6-9-23(15)12-16(24)21-10-13-2-4-14(18)5-3-13;/h2-5,7-8,15,19H,6,9-12H2,1H3,(H,21,24);1H. The Labute approximate surface area is 159 Å². The predicted molar refractivity (Wildman–Crippen MR) is 101 cm³/mol. The Morgan fingerprint density at radius 1 is 1.40 bits per heavy atom. The van der Waals surface area contributed by atoms with E-state index in [1.165, 1.54) is 0 Å². The van der Waals surface area contributed by atoms with Crippen LogP contribution in [0.1, 0.15) is 17.4 Å². The predicted octanol–water partition coefficient (Wildman–Crippen LogP) is 1.76. The number of amides is 1. The monoisotopic (exact) mass is 383 g/mol. The first-order valence-corrected chi connectivity index (χ1v) is 8.44. The zero-order valence-electron chi connectivity index (χ0n) is 14.1. The minimum Gasteiger partial charge on any atom is -0.351 e. The van der Waals surface area contributed by atoms with E-state index in [2.05, 4.69) is 20.5 Å². The average Bonchev–Trinajstić information content (AvgIpc) is 3.01. The van der Waals surface area contributed by atoms with E-state index in [1.807, 2.05) is 42.1 Å². The van der Waals surface area contributed by atoms with Gasteiger partial charge in [-0.05, 0) is 17.7 Å². The van der Waals surface area contributed by atoms with Crippen LogP contribution in [0.15, 0.2) is 36.7 Å². The maximum absolute atomic E-state index is 12.3. The number of aromatic nitrogens is 2. The highest BCUT2D eigenvalue weighted by atomic mass is 35.5. The van der Waals surface area contributed by atoms with E-state index in [1.54, 1.807) is 6.20 Å². The lowest BCUT2D eigenvalue weighted by Crippen LogP contribution is -2.50. The quantitative estimate of drug-likeness (QED) is 0.825. The highest BCUT2D eigenvalue weighted by molar-refractivity contribution is 6.30. The Kier molecular flexibility index (Phi) is 7.25. The summed E-state index contributed by atoms with van der Waals surface area (Å²) in [7, 11) is 1.98. The third kappa shape index (κ3) is 5.19. The van der Waals surface area contributed by atoms with Crippen molar-refractivity contribution in [2.75, 3.05) is 26.2 Å². The summed E-state index contributed by atoms with van der Waals surface area (Å²) in [6.45, 7) is 3.38. The number of halogens is 2. The maximum Gasteiger partial charge on any atom is 0.234 e. The first-order valence-electron chi connectivity index (χ1n) is 8.06. The number of aryl methyl sites for hydroxylation is 1. The van der Waals surface area contributed by atoms with Crippen LogP contribution in [0.4, 0.5) is 0 Å². The van der Waals surface area contributed by atoms with E-state index in [-0.39, 0.29) is 24.4 Å². The van der Waals surface area contributed by atoms with E-state index in [4.69, 9.17) is 11.6 Å². The van der Waals surface area contributed by atoms with Crippen LogP contribution in [0, 0.1) is 0 Å². The fourth-order valence-electron chi connectivity index (χ4n) is 2.93. The molecule has 1 atom stereocenters. The normalized spacial score (nSPS) is 17.8. The number of imidazole rings is 1. The second-order valence-electron chi connectivity index (χ2n) is 5.99. The van der Waals surface area contributed by atoms with E-state index in [0.29, 0.717) is 18.1 Å². The van der Waals surface area contributed by atoms with Crippen molar-refractivity contribution in [2.45, 2.75) is 12.6 Å². The van der Waals surface area contributed by atoms with Crippen LogP contribution in [0.5, 0.6) is 0 Å². The van der Waals surface area contributed by atoms with Crippen molar-refractivity contribution in [3.05, 3.63) is 53.1 Å². The zero-order valence-corrected chi connectivity index (χ0v) is 15.7. The minimum absolute atomic E-state index is 0. The Hall–Kier alpha value is -1.60. The number of nitrogens with zero attached hydrogens (tertiary/aromatic N) is 3. The molecule has 1 aliphatic rings. The van der Waals surface area contributed by atoms with Crippen molar-refractivity contribution in [1.29, 1.82) is 0 Å². The molecule has 1 aliphatic heterocycles. The van der Waals surface area contributed by atoms with Crippen molar-refractivity contribution >= 4 is 29.9 Å².